The third kappa shape index (κ3) is 4.10. The van der Waals surface area contributed by atoms with E-state index < -0.39 is 15.0 Å². The zero-order chi connectivity index (χ0) is 5.91. The summed E-state index contributed by atoms with van der Waals surface area (Å²) in [7, 11) is 6.03. The molecule has 0 aromatic heterocycles. The molecule has 0 rings (SSSR count). The molecular weight excluding hydrogens is 282 g/mol. The molecule has 7 heavy (non-hydrogen) atoms. The third-order valence-electron chi connectivity index (χ3n) is 1.03. The Hall–Kier alpha value is 1.57. The summed E-state index contributed by atoms with van der Waals surface area (Å²) in [6, 6.07) is 0. The van der Waals surface area contributed by atoms with Crippen LogP contribution in [0, 0.1) is 0 Å². The maximum absolute atomic E-state index is 6.03. The summed E-state index contributed by atoms with van der Waals surface area (Å²) in [6.07, 6.45) is 0. The molecule has 0 aliphatic rings. The fourth-order valence-corrected chi connectivity index (χ4v) is 1.68. The molecular formula is C4H10BrClSn. The molecule has 0 aliphatic heterocycles. The van der Waals surface area contributed by atoms with Crippen molar-refractivity contribution in [3.8, 4) is 0 Å². The second-order valence-electron chi connectivity index (χ2n) is 1.56. The van der Waals surface area contributed by atoms with Crippen LogP contribution < -0.4 is 0 Å². The van der Waals surface area contributed by atoms with E-state index in [1.165, 1.54) is 8.87 Å². The van der Waals surface area contributed by atoms with E-state index in [1.807, 2.05) is 0 Å². The summed E-state index contributed by atoms with van der Waals surface area (Å²) in [6.45, 7) is 4.31. The molecule has 0 amide bonds. The van der Waals surface area contributed by atoms with E-state index in [4.69, 9.17) is 8.92 Å². The second kappa shape index (κ2) is 3.57. The number of hydrogen-bond acceptors (Lipinski definition) is 0. The molecule has 0 unspecified atom stereocenters. The molecule has 0 fully saturated rings. The van der Waals surface area contributed by atoms with E-state index in [0.717, 1.165) is 0 Å². The molecule has 44 valence electrons. The van der Waals surface area contributed by atoms with Gasteiger partial charge in [0, 0.05) is 0 Å². The van der Waals surface area contributed by atoms with Gasteiger partial charge in [-0.15, -0.1) is 0 Å². The number of rotatable bonds is 2. The van der Waals surface area contributed by atoms with Gasteiger partial charge in [0.2, 0.25) is 0 Å². The first-order chi connectivity index (χ1) is 3.12. The standard InChI is InChI=1S/2C2H5.BrH.ClH.Sn/c2*1-2;;;/h2*1H2,2H3;2*1H;/q;;;;+2/p-2. The Morgan fingerprint density at radius 2 is 1.71 bits per heavy atom. The summed E-state index contributed by atoms with van der Waals surface area (Å²) in [4.78, 5) is 0. The molecule has 0 aliphatic carbocycles. The van der Waals surface area contributed by atoms with Crippen molar-refractivity contribution in [1.82, 2.24) is 0 Å². The van der Waals surface area contributed by atoms with Gasteiger partial charge in [0.05, 0.1) is 0 Å². The van der Waals surface area contributed by atoms with Crippen LogP contribution in [0.3, 0.4) is 0 Å². The monoisotopic (exact) mass is 292 g/mol. The van der Waals surface area contributed by atoms with E-state index in [0.29, 0.717) is 0 Å². The Balaban J connectivity index is 3.36. The van der Waals surface area contributed by atoms with E-state index in [-0.39, 0.29) is 0 Å². The van der Waals surface area contributed by atoms with Gasteiger partial charge < -0.3 is 0 Å². The van der Waals surface area contributed by atoms with Gasteiger partial charge in [-0.05, 0) is 0 Å². The van der Waals surface area contributed by atoms with Crippen LogP contribution in [0.5, 0.6) is 0 Å². The number of halogens is 2. The van der Waals surface area contributed by atoms with E-state index in [1.54, 1.807) is 0 Å². The fourth-order valence-electron chi connectivity index (χ4n) is 0.250. The van der Waals surface area contributed by atoms with Crippen molar-refractivity contribution in [2.24, 2.45) is 0 Å². The molecule has 0 aromatic carbocycles. The SMILES string of the molecule is C[CH2][Sn]([Cl])([Br])[CH2]C. The van der Waals surface area contributed by atoms with Crippen molar-refractivity contribution in [2.45, 2.75) is 22.7 Å². The van der Waals surface area contributed by atoms with Gasteiger partial charge in [-0.1, -0.05) is 0 Å². The molecule has 0 heterocycles. The summed E-state index contributed by atoms with van der Waals surface area (Å²) in [5, 5.41) is 0. The van der Waals surface area contributed by atoms with Crippen LogP contribution in [0.15, 0.2) is 0 Å². The van der Waals surface area contributed by atoms with E-state index >= 15 is 0 Å². The molecule has 0 saturated carbocycles. The van der Waals surface area contributed by atoms with Crippen molar-refractivity contribution in [1.29, 1.82) is 0 Å². The van der Waals surface area contributed by atoms with Crippen LogP contribution in [0.25, 0.3) is 0 Å². The third-order valence-corrected chi connectivity index (χ3v) is 18.0. The van der Waals surface area contributed by atoms with Gasteiger partial charge in [-0.25, -0.2) is 0 Å². The molecule has 0 nitrogen and oxygen atoms in total. The Labute approximate surface area is 59.0 Å². The first kappa shape index (κ1) is 8.57. The molecule has 0 radical (unpaired) electrons. The van der Waals surface area contributed by atoms with Crippen molar-refractivity contribution in [3.63, 3.8) is 0 Å². The summed E-state index contributed by atoms with van der Waals surface area (Å²) >= 11 is 1.56. The molecule has 3 heteroatoms. The zero-order valence-electron chi connectivity index (χ0n) is 4.67. The molecule has 0 N–H and O–H groups in total. The Morgan fingerprint density at radius 3 is 1.71 bits per heavy atom. The molecule has 0 saturated heterocycles. The average molecular weight is 292 g/mol. The average Bonchev–Trinajstić information content (AvgIpc) is 1.68. The van der Waals surface area contributed by atoms with Gasteiger partial charge >= 0.3 is 59.4 Å². The van der Waals surface area contributed by atoms with Crippen LogP contribution in [-0.2, 0) is 0 Å². The quantitative estimate of drug-likeness (QED) is 0.686. The van der Waals surface area contributed by atoms with Crippen molar-refractivity contribution >= 4 is 36.7 Å². The van der Waals surface area contributed by atoms with Gasteiger partial charge in [0.25, 0.3) is 0 Å². The Morgan fingerprint density at radius 1 is 1.43 bits per heavy atom. The maximum atomic E-state index is 6.03. The van der Waals surface area contributed by atoms with E-state index in [9.17, 15) is 0 Å². The van der Waals surface area contributed by atoms with Gasteiger partial charge in [-0.3, -0.25) is 0 Å². The minimum absolute atomic E-state index is 1.19. The van der Waals surface area contributed by atoms with Gasteiger partial charge in [0.15, 0.2) is 0 Å². The summed E-state index contributed by atoms with van der Waals surface area (Å²) < 4.78 is 2.37. The summed E-state index contributed by atoms with van der Waals surface area (Å²) in [5.41, 5.74) is 0. The predicted molar refractivity (Wildman–Crippen MR) is 41.5 cm³/mol. The normalized spacial score (nSPS) is 12.0. The zero-order valence-corrected chi connectivity index (χ0v) is 9.87. The van der Waals surface area contributed by atoms with Crippen molar-refractivity contribution < 1.29 is 0 Å². The van der Waals surface area contributed by atoms with Crippen molar-refractivity contribution in [3.05, 3.63) is 0 Å². The topological polar surface area (TPSA) is 0 Å². The van der Waals surface area contributed by atoms with Gasteiger partial charge in [0.1, 0.15) is 0 Å². The summed E-state index contributed by atoms with van der Waals surface area (Å²) in [5.74, 6) is 0. The predicted octanol–water partition coefficient (Wildman–Crippen LogP) is 3.10. The number of hydrogen-bond donors (Lipinski definition) is 0. The molecule has 0 atom stereocenters. The second-order valence-corrected chi connectivity index (χ2v) is 28.6. The van der Waals surface area contributed by atoms with Crippen molar-refractivity contribution in [2.75, 3.05) is 0 Å². The van der Waals surface area contributed by atoms with Crippen LogP contribution in [-0.4, -0.2) is 15.0 Å². The minimum atomic E-state index is -2.00. The fraction of sp³-hybridized carbons (Fsp3) is 1.00. The van der Waals surface area contributed by atoms with Crippen LogP contribution in [0.4, 0.5) is 0 Å². The first-order valence-electron chi connectivity index (χ1n) is 2.50. The van der Waals surface area contributed by atoms with Gasteiger partial charge in [-0.2, -0.15) is 0 Å². The Kier molecular flexibility index (Phi) is 4.37. The Bertz CT molecular complexity index is 49.7. The van der Waals surface area contributed by atoms with Crippen LogP contribution in [0.2, 0.25) is 8.87 Å². The van der Waals surface area contributed by atoms with E-state index in [2.05, 4.69) is 26.6 Å². The molecule has 0 spiro atoms. The molecule has 0 aromatic rings. The molecule has 0 bridgehead atoms. The van der Waals surface area contributed by atoms with Crippen LogP contribution in [0.1, 0.15) is 13.8 Å². The first-order valence-corrected chi connectivity index (χ1v) is 16.5. The van der Waals surface area contributed by atoms with Crippen LogP contribution >= 0.6 is 21.6 Å².